The molecular formula is C16H24O3. The van der Waals surface area contributed by atoms with Crippen LogP contribution >= 0.6 is 0 Å². The van der Waals surface area contributed by atoms with E-state index in [-0.39, 0.29) is 5.97 Å². The number of esters is 1. The van der Waals surface area contributed by atoms with E-state index in [1.807, 2.05) is 13.8 Å². The minimum Gasteiger partial charge on any atom is -0.482 e. The summed E-state index contributed by atoms with van der Waals surface area (Å²) in [7, 11) is 1.38. The molecule has 1 rings (SSSR count). The number of hydrogen-bond acceptors (Lipinski definition) is 3. The average molecular weight is 264 g/mol. The zero-order chi connectivity index (χ0) is 14.3. The molecule has 0 aliphatic carbocycles. The second-order valence-corrected chi connectivity index (χ2v) is 5.07. The van der Waals surface area contributed by atoms with Crippen molar-refractivity contribution in [2.75, 3.05) is 13.7 Å². The van der Waals surface area contributed by atoms with Crippen molar-refractivity contribution in [1.82, 2.24) is 0 Å². The Morgan fingerprint density at radius 3 is 2.42 bits per heavy atom. The molecule has 1 heterocycles. The highest BCUT2D eigenvalue weighted by atomic mass is 16.6. The van der Waals surface area contributed by atoms with Crippen LogP contribution in [-0.4, -0.2) is 19.7 Å². The first kappa shape index (κ1) is 15.5. The smallest absolute Gasteiger partial charge is 0.373 e. The quantitative estimate of drug-likeness (QED) is 0.532. The zero-order valence-electron chi connectivity index (χ0n) is 12.4. The molecule has 0 radical (unpaired) electrons. The Balaban J connectivity index is 2.94. The predicted octanol–water partition coefficient (Wildman–Crippen LogP) is 3.92. The minimum absolute atomic E-state index is 0.363. The van der Waals surface area contributed by atoms with E-state index >= 15 is 0 Å². The number of carbonyl (C=O) groups excluding carboxylic acids is 1. The third-order valence-corrected chi connectivity index (χ3v) is 3.25. The van der Waals surface area contributed by atoms with Crippen molar-refractivity contribution in [3.05, 3.63) is 34.6 Å². The van der Waals surface area contributed by atoms with Gasteiger partial charge in [-0.3, -0.25) is 0 Å². The summed E-state index contributed by atoms with van der Waals surface area (Å²) >= 11 is 0. The molecule has 0 aromatic rings. The fourth-order valence-electron chi connectivity index (χ4n) is 1.99. The maximum Gasteiger partial charge on any atom is 0.373 e. The van der Waals surface area contributed by atoms with Crippen molar-refractivity contribution in [2.24, 2.45) is 0 Å². The van der Waals surface area contributed by atoms with Gasteiger partial charge in [0, 0.05) is 0 Å². The van der Waals surface area contributed by atoms with Crippen LogP contribution in [0.4, 0.5) is 0 Å². The molecule has 106 valence electrons. The molecule has 0 saturated carbocycles. The highest BCUT2D eigenvalue weighted by Crippen LogP contribution is 2.18. The second-order valence-electron chi connectivity index (χ2n) is 5.07. The number of rotatable bonds is 1. The molecule has 0 saturated heterocycles. The van der Waals surface area contributed by atoms with E-state index in [2.05, 4.69) is 19.1 Å². The largest absolute Gasteiger partial charge is 0.482 e. The molecule has 0 amide bonds. The fraction of sp³-hybridized carbons (Fsp3) is 0.562. The predicted molar refractivity (Wildman–Crippen MR) is 76.7 cm³/mol. The highest BCUT2D eigenvalue weighted by Gasteiger charge is 2.15. The molecule has 0 N–H and O–H groups in total. The highest BCUT2D eigenvalue weighted by molar-refractivity contribution is 5.86. The maximum atomic E-state index is 11.7. The van der Waals surface area contributed by atoms with Crippen molar-refractivity contribution in [3.63, 3.8) is 0 Å². The lowest BCUT2D eigenvalue weighted by Crippen LogP contribution is -2.12. The van der Waals surface area contributed by atoms with Crippen LogP contribution in [0.5, 0.6) is 0 Å². The lowest BCUT2D eigenvalue weighted by Gasteiger charge is -2.13. The average Bonchev–Trinajstić information content (AvgIpc) is 2.37. The summed E-state index contributed by atoms with van der Waals surface area (Å²) < 4.78 is 10.4. The Bertz CT molecular complexity index is 414. The van der Waals surface area contributed by atoms with Gasteiger partial charge in [-0.05, 0) is 57.6 Å². The normalized spacial score (nSPS) is 27.8. The molecular weight excluding hydrogens is 240 g/mol. The number of carbonyl (C=O) groups is 1. The molecule has 19 heavy (non-hydrogen) atoms. The SMILES string of the molecule is COC(=O)/C1=C(\C)CC/C=C(/C)CC/C=C(/C)CO1. The molecule has 0 aromatic carbocycles. The van der Waals surface area contributed by atoms with E-state index in [4.69, 9.17) is 9.47 Å². The molecule has 1 aliphatic heterocycles. The van der Waals surface area contributed by atoms with Gasteiger partial charge in [-0.1, -0.05) is 17.7 Å². The summed E-state index contributed by atoms with van der Waals surface area (Å²) in [5, 5.41) is 0. The molecule has 3 nitrogen and oxygen atoms in total. The number of methoxy groups -OCH3 is 1. The lowest BCUT2D eigenvalue weighted by atomic mass is 10.1. The lowest BCUT2D eigenvalue weighted by molar-refractivity contribution is -0.140. The van der Waals surface area contributed by atoms with E-state index in [1.165, 1.54) is 12.7 Å². The van der Waals surface area contributed by atoms with Crippen molar-refractivity contribution < 1.29 is 14.3 Å². The van der Waals surface area contributed by atoms with Gasteiger partial charge in [0.1, 0.15) is 6.61 Å². The van der Waals surface area contributed by atoms with Gasteiger partial charge in [0.2, 0.25) is 5.76 Å². The first-order valence-electron chi connectivity index (χ1n) is 6.76. The van der Waals surface area contributed by atoms with E-state index in [1.54, 1.807) is 0 Å². The molecule has 0 spiro atoms. The van der Waals surface area contributed by atoms with Crippen molar-refractivity contribution in [3.8, 4) is 0 Å². The van der Waals surface area contributed by atoms with Crippen molar-refractivity contribution in [1.29, 1.82) is 0 Å². The molecule has 0 fully saturated rings. The van der Waals surface area contributed by atoms with E-state index in [9.17, 15) is 4.79 Å². The van der Waals surface area contributed by atoms with Gasteiger partial charge in [-0.2, -0.15) is 0 Å². The van der Waals surface area contributed by atoms with Crippen LogP contribution in [0.2, 0.25) is 0 Å². The van der Waals surface area contributed by atoms with Crippen LogP contribution in [0.3, 0.4) is 0 Å². The Kier molecular flexibility index (Phi) is 6.40. The van der Waals surface area contributed by atoms with Gasteiger partial charge >= 0.3 is 5.97 Å². The van der Waals surface area contributed by atoms with Crippen LogP contribution in [-0.2, 0) is 14.3 Å². The third-order valence-electron chi connectivity index (χ3n) is 3.25. The molecule has 0 aromatic heterocycles. The maximum absolute atomic E-state index is 11.7. The monoisotopic (exact) mass is 264 g/mol. The Morgan fingerprint density at radius 1 is 1.11 bits per heavy atom. The van der Waals surface area contributed by atoms with Gasteiger partial charge in [0.05, 0.1) is 7.11 Å². The van der Waals surface area contributed by atoms with Crippen LogP contribution in [0.15, 0.2) is 34.6 Å². The summed E-state index contributed by atoms with van der Waals surface area (Å²) in [6.45, 7) is 6.56. The summed E-state index contributed by atoms with van der Waals surface area (Å²) in [5.74, 6) is -0.0232. The molecule has 0 unspecified atom stereocenters. The van der Waals surface area contributed by atoms with Gasteiger partial charge in [-0.15, -0.1) is 0 Å². The first-order chi connectivity index (χ1) is 9.04. The summed E-state index contributed by atoms with van der Waals surface area (Å²) in [6.07, 6.45) is 8.28. The topological polar surface area (TPSA) is 35.5 Å². The molecule has 0 atom stereocenters. The summed E-state index contributed by atoms with van der Waals surface area (Å²) in [5.41, 5.74) is 3.49. The number of ether oxygens (including phenoxy) is 2. The van der Waals surface area contributed by atoms with E-state index < -0.39 is 0 Å². The van der Waals surface area contributed by atoms with Crippen molar-refractivity contribution in [2.45, 2.75) is 46.5 Å². The van der Waals surface area contributed by atoms with Gasteiger partial charge in [-0.25, -0.2) is 4.79 Å². The van der Waals surface area contributed by atoms with Crippen LogP contribution < -0.4 is 0 Å². The Labute approximate surface area is 116 Å². The summed E-state index contributed by atoms with van der Waals surface area (Å²) in [6, 6.07) is 0. The minimum atomic E-state index is -0.386. The van der Waals surface area contributed by atoms with Gasteiger partial charge in [0.15, 0.2) is 0 Å². The van der Waals surface area contributed by atoms with Crippen LogP contribution in [0, 0.1) is 0 Å². The van der Waals surface area contributed by atoms with Crippen molar-refractivity contribution >= 4 is 5.97 Å². The molecule has 3 heteroatoms. The second kappa shape index (κ2) is 7.82. The standard InChI is InChI=1S/C16H24O3/c1-12-7-5-9-13(2)11-19-15(16(17)18-4)14(3)10-6-8-12/h8-9H,5-7,10-11H2,1-4H3/b12-8-,13-9-,15-14-. The Hall–Kier alpha value is -1.51. The van der Waals surface area contributed by atoms with Crippen LogP contribution in [0.1, 0.15) is 46.5 Å². The molecule has 1 aliphatic rings. The van der Waals surface area contributed by atoms with Gasteiger partial charge < -0.3 is 9.47 Å². The first-order valence-corrected chi connectivity index (χ1v) is 6.76. The van der Waals surface area contributed by atoms with Gasteiger partial charge in [0.25, 0.3) is 0 Å². The van der Waals surface area contributed by atoms with E-state index in [0.29, 0.717) is 12.4 Å². The molecule has 0 bridgehead atoms. The third kappa shape index (κ3) is 5.33. The number of allylic oxidation sites excluding steroid dienone is 4. The fourth-order valence-corrected chi connectivity index (χ4v) is 1.99. The Morgan fingerprint density at radius 2 is 1.74 bits per heavy atom. The zero-order valence-corrected chi connectivity index (χ0v) is 12.4. The number of hydrogen-bond donors (Lipinski definition) is 0. The summed E-state index contributed by atoms with van der Waals surface area (Å²) in [4.78, 5) is 11.7. The van der Waals surface area contributed by atoms with Crippen LogP contribution in [0.25, 0.3) is 0 Å². The van der Waals surface area contributed by atoms with E-state index in [0.717, 1.165) is 36.8 Å².